The van der Waals surface area contributed by atoms with Crippen molar-refractivity contribution in [2.45, 2.75) is 12.5 Å². The molecule has 0 aliphatic carbocycles. The molecule has 0 aromatic heterocycles. The Hall–Kier alpha value is -1.33. The lowest BCUT2D eigenvalue weighted by atomic mass is 10.1. The Bertz CT molecular complexity index is 504. The second kappa shape index (κ2) is 7.31. The van der Waals surface area contributed by atoms with Crippen LogP contribution in [0.5, 0.6) is 0 Å². The Morgan fingerprint density at radius 1 is 1.47 bits per heavy atom. The summed E-state index contributed by atoms with van der Waals surface area (Å²) in [6.45, 7) is 3.64. The van der Waals surface area contributed by atoms with Crippen molar-refractivity contribution in [2.24, 2.45) is 0 Å². The zero-order chi connectivity index (χ0) is 14.4. The van der Waals surface area contributed by atoms with Gasteiger partial charge >= 0.3 is 5.97 Å². The van der Waals surface area contributed by atoms with E-state index in [0.29, 0.717) is 15.1 Å². The molecule has 19 heavy (non-hydrogen) atoms. The van der Waals surface area contributed by atoms with E-state index < -0.39 is 17.9 Å². The van der Waals surface area contributed by atoms with Crippen molar-refractivity contribution in [3.63, 3.8) is 0 Å². The zero-order valence-electron chi connectivity index (χ0n) is 10.3. The minimum Gasteiger partial charge on any atom is -0.467 e. The van der Waals surface area contributed by atoms with Gasteiger partial charge in [0.15, 0.2) is 0 Å². The van der Waals surface area contributed by atoms with Crippen LogP contribution in [0.4, 0.5) is 0 Å². The summed E-state index contributed by atoms with van der Waals surface area (Å²) in [5.74, 6) is -0.976. The van der Waals surface area contributed by atoms with E-state index in [2.05, 4.69) is 32.6 Å². The van der Waals surface area contributed by atoms with Crippen LogP contribution in [0.3, 0.4) is 0 Å². The van der Waals surface area contributed by atoms with Crippen LogP contribution in [-0.4, -0.2) is 25.0 Å². The molecule has 1 aromatic rings. The molecule has 0 fully saturated rings. The van der Waals surface area contributed by atoms with E-state index in [0.717, 1.165) is 0 Å². The molecule has 0 spiro atoms. The fourth-order valence-corrected chi connectivity index (χ4v) is 1.98. The number of ether oxygens (including phenoxy) is 1. The Morgan fingerprint density at radius 3 is 2.63 bits per heavy atom. The second-order valence-electron chi connectivity index (χ2n) is 3.75. The van der Waals surface area contributed by atoms with E-state index in [1.54, 1.807) is 24.3 Å². The number of nitrogens with one attached hydrogen (secondary N) is 1. The molecule has 1 atom stereocenters. The molecule has 1 aromatic carbocycles. The summed E-state index contributed by atoms with van der Waals surface area (Å²) < 4.78 is 5.22. The van der Waals surface area contributed by atoms with Crippen molar-refractivity contribution in [1.82, 2.24) is 5.32 Å². The topological polar surface area (TPSA) is 55.4 Å². The molecule has 0 saturated carbocycles. The molecule has 6 heteroatoms. The summed E-state index contributed by atoms with van der Waals surface area (Å²) in [5, 5.41) is 2.89. The number of carbonyl (C=O) groups is 2. The van der Waals surface area contributed by atoms with E-state index in [1.807, 2.05) is 0 Å². The molecule has 4 nitrogen and oxygen atoms in total. The SMILES string of the molecule is C=C(Br)C[C@@H](NC(=O)c1ccccc1Cl)C(=O)OC. The van der Waals surface area contributed by atoms with Gasteiger partial charge in [0, 0.05) is 6.42 Å². The number of rotatable bonds is 5. The van der Waals surface area contributed by atoms with Crippen LogP contribution < -0.4 is 5.32 Å². The first kappa shape index (κ1) is 15.7. The zero-order valence-corrected chi connectivity index (χ0v) is 12.6. The predicted molar refractivity (Wildman–Crippen MR) is 77.4 cm³/mol. The minimum atomic E-state index is -0.805. The molecule has 0 aliphatic heterocycles. The van der Waals surface area contributed by atoms with Gasteiger partial charge in [-0.25, -0.2) is 4.79 Å². The van der Waals surface area contributed by atoms with Crippen LogP contribution >= 0.6 is 27.5 Å². The van der Waals surface area contributed by atoms with Crippen molar-refractivity contribution in [3.8, 4) is 0 Å². The van der Waals surface area contributed by atoms with E-state index in [-0.39, 0.29) is 6.42 Å². The van der Waals surface area contributed by atoms with Crippen LogP contribution in [0, 0.1) is 0 Å². The van der Waals surface area contributed by atoms with Crippen LogP contribution in [0.25, 0.3) is 0 Å². The van der Waals surface area contributed by atoms with E-state index in [4.69, 9.17) is 11.6 Å². The molecule has 0 radical (unpaired) electrons. The molecule has 1 N–H and O–H groups in total. The highest BCUT2D eigenvalue weighted by atomic mass is 79.9. The average molecular weight is 347 g/mol. The van der Waals surface area contributed by atoms with Crippen LogP contribution in [-0.2, 0) is 9.53 Å². The van der Waals surface area contributed by atoms with Gasteiger partial charge in [-0.1, -0.05) is 46.2 Å². The number of amides is 1. The van der Waals surface area contributed by atoms with Gasteiger partial charge in [0.2, 0.25) is 0 Å². The van der Waals surface area contributed by atoms with Gasteiger partial charge in [-0.3, -0.25) is 4.79 Å². The largest absolute Gasteiger partial charge is 0.467 e. The highest BCUT2D eigenvalue weighted by Crippen LogP contribution is 2.16. The molecular formula is C13H13BrClNO3. The highest BCUT2D eigenvalue weighted by Gasteiger charge is 2.23. The van der Waals surface area contributed by atoms with Crippen LogP contribution in [0.15, 0.2) is 35.3 Å². The molecule has 1 rings (SSSR count). The molecule has 0 bridgehead atoms. The Labute approximate surface area is 124 Å². The van der Waals surface area contributed by atoms with Gasteiger partial charge < -0.3 is 10.1 Å². The predicted octanol–water partition coefficient (Wildman–Crippen LogP) is 2.91. The molecule has 0 unspecified atom stereocenters. The third-order valence-corrected chi connectivity index (χ3v) is 2.99. The van der Waals surface area contributed by atoms with Crippen molar-refractivity contribution in [1.29, 1.82) is 0 Å². The van der Waals surface area contributed by atoms with E-state index >= 15 is 0 Å². The molecular weight excluding hydrogens is 334 g/mol. The Morgan fingerprint density at radius 2 is 2.11 bits per heavy atom. The molecule has 0 aliphatic rings. The first-order valence-corrected chi connectivity index (χ1v) is 6.59. The van der Waals surface area contributed by atoms with Gasteiger partial charge in [0.25, 0.3) is 5.91 Å². The van der Waals surface area contributed by atoms with Gasteiger partial charge in [-0.2, -0.15) is 0 Å². The van der Waals surface area contributed by atoms with E-state index in [1.165, 1.54) is 7.11 Å². The first-order valence-electron chi connectivity index (χ1n) is 5.42. The number of hydrogen-bond acceptors (Lipinski definition) is 3. The molecule has 102 valence electrons. The second-order valence-corrected chi connectivity index (χ2v) is 5.28. The average Bonchev–Trinajstić information content (AvgIpc) is 2.36. The fraction of sp³-hybridized carbons (Fsp3) is 0.231. The number of carbonyl (C=O) groups excluding carboxylic acids is 2. The van der Waals surface area contributed by atoms with Crippen LogP contribution in [0.2, 0.25) is 5.02 Å². The summed E-state index contributed by atoms with van der Waals surface area (Å²) in [6, 6.07) is 5.79. The third kappa shape index (κ3) is 4.69. The summed E-state index contributed by atoms with van der Waals surface area (Å²) in [5.41, 5.74) is 0.304. The third-order valence-electron chi connectivity index (χ3n) is 2.34. The monoisotopic (exact) mass is 345 g/mol. The highest BCUT2D eigenvalue weighted by molar-refractivity contribution is 9.11. The lowest BCUT2D eigenvalue weighted by molar-refractivity contribution is -0.142. The lowest BCUT2D eigenvalue weighted by Gasteiger charge is -2.16. The van der Waals surface area contributed by atoms with Gasteiger partial charge in [-0.15, -0.1) is 0 Å². The van der Waals surface area contributed by atoms with Crippen molar-refractivity contribution < 1.29 is 14.3 Å². The summed E-state index contributed by atoms with van der Waals surface area (Å²) in [4.78, 5) is 23.6. The van der Waals surface area contributed by atoms with Crippen molar-refractivity contribution in [2.75, 3.05) is 7.11 Å². The Kier molecular flexibility index (Phi) is 6.05. The van der Waals surface area contributed by atoms with Crippen LogP contribution in [0.1, 0.15) is 16.8 Å². The fourth-order valence-electron chi connectivity index (χ4n) is 1.44. The maximum atomic E-state index is 12.0. The van der Waals surface area contributed by atoms with Crippen molar-refractivity contribution in [3.05, 3.63) is 45.9 Å². The normalized spacial score (nSPS) is 11.5. The molecule has 0 saturated heterocycles. The maximum absolute atomic E-state index is 12.0. The van der Waals surface area contributed by atoms with Gasteiger partial charge in [0.05, 0.1) is 17.7 Å². The summed E-state index contributed by atoms with van der Waals surface area (Å²) in [7, 11) is 1.26. The molecule has 0 heterocycles. The number of halogens is 2. The number of methoxy groups -OCH3 is 1. The number of benzene rings is 1. The minimum absolute atomic E-state index is 0.239. The maximum Gasteiger partial charge on any atom is 0.328 e. The first-order chi connectivity index (χ1) is 8.95. The van der Waals surface area contributed by atoms with Gasteiger partial charge in [-0.05, 0) is 16.6 Å². The quantitative estimate of drug-likeness (QED) is 0.834. The smallest absolute Gasteiger partial charge is 0.328 e. The Balaban J connectivity index is 2.85. The summed E-state index contributed by atoms with van der Waals surface area (Å²) in [6.07, 6.45) is 0.239. The standard InChI is InChI=1S/C13H13BrClNO3/c1-8(14)7-11(13(18)19-2)16-12(17)9-5-3-4-6-10(9)15/h3-6,11H,1,7H2,2H3,(H,16,17)/t11-/m1/s1. The van der Waals surface area contributed by atoms with Crippen molar-refractivity contribution >= 4 is 39.4 Å². The number of hydrogen-bond donors (Lipinski definition) is 1. The molecule has 1 amide bonds. The summed E-state index contributed by atoms with van der Waals surface area (Å²) >= 11 is 9.07. The van der Waals surface area contributed by atoms with Gasteiger partial charge in [0.1, 0.15) is 6.04 Å². The van der Waals surface area contributed by atoms with E-state index in [9.17, 15) is 9.59 Å². The number of esters is 1. The lowest BCUT2D eigenvalue weighted by Crippen LogP contribution is -2.41.